The van der Waals surface area contributed by atoms with Crippen LogP contribution in [0, 0.1) is 5.41 Å². The van der Waals surface area contributed by atoms with Crippen LogP contribution in [-0.2, 0) is 14.4 Å². The maximum absolute atomic E-state index is 11.7. The summed E-state index contributed by atoms with van der Waals surface area (Å²) in [7, 11) is 0. The minimum atomic E-state index is -0.514. The van der Waals surface area contributed by atoms with Gasteiger partial charge in [-0.3, -0.25) is 14.4 Å². The molecule has 1 saturated heterocycles. The highest BCUT2D eigenvalue weighted by molar-refractivity contribution is 5.90. The molecule has 0 radical (unpaired) electrons. The summed E-state index contributed by atoms with van der Waals surface area (Å²) in [6.07, 6.45) is 0. The molecule has 0 aliphatic carbocycles. The summed E-state index contributed by atoms with van der Waals surface area (Å²) in [6.45, 7) is 6.32. The predicted molar refractivity (Wildman–Crippen MR) is 62.1 cm³/mol. The van der Waals surface area contributed by atoms with E-state index >= 15 is 0 Å². The highest BCUT2D eigenvalue weighted by Crippen LogP contribution is 2.12. The zero-order valence-corrected chi connectivity index (χ0v) is 10.5. The molecule has 1 rings (SSSR count). The molecule has 0 unspecified atom stereocenters. The number of amides is 3. The van der Waals surface area contributed by atoms with Gasteiger partial charge in [-0.15, -0.1) is 0 Å². The topological polar surface area (TPSA) is 78.5 Å². The van der Waals surface area contributed by atoms with E-state index in [1.807, 2.05) is 0 Å². The highest BCUT2D eigenvalue weighted by Gasteiger charge is 2.24. The second-order valence-corrected chi connectivity index (χ2v) is 5.10. The first-order valence-corrected chi connectivity index (χ1v) is 5.63. The van der Waals surface area contributed by atoms with Gasteiger partial charge in [0.2, 0.25) is 17.7 Å². The van der Waals surface area contributed by atoms with Gasteiger partial charge >= 0.3 is 0 Å². The number of piperazine rings is 1. The van der Waals surface area contributed by atoms with Crippen molar-refractivity contribution in [3.63, 3.8) is 0 Å². The summed E-state index contributed by atoms with van der Waals surface area (Å²) in [5, 5.41) is 5.21. The second-order valence-electron chi connectivity index (χ2n) is 5.10. The van der Waals surface area contributed by atoms with Crippen LogP contribution in [0.5, 0.6) is 0 Å². The number of rotatable bonds is 2. The standard InChI is InChI=1S/C11H19N3O3/c1-11(2,3)10(17)13-6-9(16)14-5-4-12-8(15)7-14/h4-7H2,1-3H3,(H,12,15)(H,13,17). The van der Waals surface area contributed by atoms with Gasteiger partial charge in [0.1, 0.15) is 0 Å². The molecule has 6 heteroatoms. The Morgan fingerprint density at radius 3 is 2.59 bits per heavy atom. The van der Waals surface area contributed by atoms with E-state index in [-0.39, 0.29) is 30.8 Å². The lowest BCUT2D eigenvalue weighted by Crippen LogP contribution is -2.52. The van der Waals surface area contributed by atoms with Crippen molar-refractivity contribution in [1.29, 1.82) is 0 Å². The number of nitrogens with one attached hydrogen (secondary N) is 2. The molecule has 0 aromatic rings. The Labute approximate surface area is 101 Å². The summed E-state index contributed by atoms with van der Waals surface area (Å²) in [4.78, 5) is 35.8. The van der Waals surface area contributed by atoms with Crippen LogP contribution in [0.3, 0.4) is 0 Å². The quantitative estimate of drug-likeness (QED) is 0.658. The first-order chi connectivity index (χ1) is 7.80. The van der Waals surface area contributed by atoms with E-state index in [1.54, 1.807) is 20.8 Å². The fraction of sp³-hybridized carbons (Fsp3) is 0.727. The van der Waals surface area contributed by atoms with Crippen molar-refractivity contribution >= 4 is 17.7 Å². The second kappa shape index (κ2) is 5.16. The fourth-order valence-electron chi connectivity index (χ4n) is 1.38. The number of carbonyl (C=O) groups is 3. The number of hydrogen-bond acceptors (Lipinski definition) is 3. The first-order valence-electron chi connectivity index (χ1n) is 5.63. The fourth-order valence-corrected chi connectivity index (χ4v) is 1.38. The maximum Gasteiger partial charge on any atom is 0.242 e. The predicted octanol–water partition coefficient (Wildman–Crippen LogP) is -0.893. The molecule has 2 N–H and O–H groups in total. The van der Waals surface area contributed by atoms with E-state index in [1.165, 1.54) is 4.90 Å². The molecule has 3 amide bonds. The van der Waals surface area contributed by atoms with Crippen molar-refractivity contribution in [2.45, 2.75) is 20.8 Å². The van der Waals surface area contributed by atoms with E-state index < -0.39 is 5.41 Å². The van der Waals surface area contributed by atoms with Crippen molar-refractivity contribution < 1.29 is 14.4 Å². The van der Waals surface area contributed by atoms with Gasteiger partial charge < -0.3 is 15.5 Å². The minimum absolute atomic E-state index is 0.0522. The lowest BCUT2D eigenvalue weighted by Gasteiger charge is -2.27. The van der Waals surface area contributed by atoms with Crippen LogP contribution in [0.1, 0.15) is 20.8 Å². The summed E-state index contributed by atoms with van der Waals surface area (Å²) < 4.78 is 0. The van der Waals surface area contributed by atoms with Crippen LogP contribution in [0.15, 0.2) is 0 Å². The van der Waals surface area contributed by atoms with Crippen molar-refractivity contribution in [2.75, 3.05) is 26.2 Å². The summed E-state index contributed by atoms with van der Waals surface area (Å²) in [6, 6.07) is 0. The molecule has 0 bridgehead atoms. The van der Waals surface area contributed by atoms with E-state index in [4.69, 9.17) is 0 Å². The molecule has 17 heavy (non-hydrogen) atoms. The molecule has 0 atom stereocenters. The van der Waals surface area contributed by atoms with Gasteiger partial charge in [0.05, 0.1) is 13.1 Å². The van der Waals surface area contributed by atoms with Crippen LogP contribution in [0.2, 0.25) is 0 Å². The third kappa shape index (κ3) is 4.05. The van der Waals surface area contributed by atoms with Crippen LogP contribution in [0.4, 0.5) is 0 Å². The van der Waals surface area contributed by atoms with E-state index in [0.717, 1.165) is 0 Å². The Kier molecular flexibility index (Phi) is 4.09. The zero-order valence-electron chi connectivity index (χ0n) is 10.5. The molecule has 1 fully saturated rings. The maximum atomic E-state index is 11.7. The molecule has 1 aliphatic heterocycles. The molecular formula is C11H19N3O3. The summed E-state index contributed by atoms with van der Waals surface area (Å²) in [5.74, 6) is -0.559. The average molecular weight is 241 g/mol. The van der Waals surface area contributed by atoms with E-state index in [2.05, 4.69) is 10.6 Å². The summed E-state index contributed by atoms with van der Waals surface area (Å²) in [5.41, 5.74) is -0.514. The molecule has 0 aromatic heterocycles. The van der Waals surface area contributed by atoms with Crippen molar-refractivity contribution in [3.05, 3.63) is 0 Å². The molecule has 6 nitrogen and oxygen atoms in total. The molecule has 96 valence electrons. The lowest BCUT2D eigenvalue weighted by atomic mass is 9.96. The average Bonchev–Trinajstić information content (AvgIpc) is 2.24. The summed E-state index contributed by atoms with van der Waals surface area (Å²) >= 11 is 0. The molecule has 0 aromatic carbocycles. The smallest absolute Gasteiger partial charge is 0.242 e. The zero-order chi connectivity index (χ0) is 13.1. The Balaban J connectivity index is 2.39. The number of carbonyl (C=O) groups excluding carboxylic acids is 3. The Bertz CT molecular complexity index is 333. The van der Waals surface area contributed by atoms with Gasteiger partial charge in [-0.05, 0) is 0 Å². The van der Waals surface area contributed by atoms with Gasteiger partial charge in [0.25, 0.3) is 0 Å². The molecule has 0 spiro atoms. The number of hydrogen-bond donors (Lipinski definition) is 2. The monoisotopic (exact) mass is 241 g/mol. The molecule has 0 saturated carbocycles. The van der Waals surface area contributed by atoms with Gasteiger partial charge in [-0.25, -0.2) is 0 Å². The van der Waals surface area contributed by atoms with Crippen LogP contribution in [0.25, 0.3) is 0 Å². The normalized spacial score (nSPS) is 16.4. The van der Waals surface area contributed by atoms with Crippen molar-refractivity contribution in [2.24, 2.45) is 5.41 Å². The first kappa shape index (κ1) is 13.5. The minimum Gasteiger partial charge on any atom is -0.353 e. The van der Waals surface area contributed by atoms with Gasteiger partial charge in [-0.2, -0.15) is 0 Å². The SMILES string of the molecule is CC(C)(C)C(=O)NCC(=O)N1CCNC(=O)C1. The van der Waals surface area contributed by atoms with Crippen LogP contribution >= 0.6 is 0 Å². The van der Waals surface area contributed by atoms with Gasteiger partial charge in [0.15, 0.2) is 0 Å². The van der Waals surface area contributed by atoms with Gasteiger partial charge in [0, 0.05) is 18.5 Å². The number of nitrogens with zero attached hydrogens (tertiary/aromatic N) is 1. The molecule has 1 heterocycles. The molecule has 1 aliphatic rings. The van der Waals surface area contributed by atoms with E-state index in [0.29, 0.717) is 13.1 Å². The van der Waals surface area contributed by atoms with E-state index in [9.17, 15) is 14.4 Å². The Hall–Kier alpha value is -1.59. The van der Waals surface area contributed by atoms with Gasteiger partial charge in [-0.1, -0.05) is 20.8 Å². The largest absolute Gasteiger partial charge is 0.353 e. The van der Waals surface area contributed by atoms with Crippen LogP contribution in [-0.4, -0.2) is 48.8 Å². The van der Waals surface area contributed by atoms with Crippen molar-refractivity contribution in [3.8, 4) is 0 Å². The third-order valence-electron chi connectivity index (χ3n) is 2.47. The third-order valence-corrected chi connectivity index (χ3v) is 2.47. The van der Waals surface area contributed by atoms with Crippen molar-refractivity contribution in [1.82, 2.24) is 15.5 Å². The highest BCUT2D eigenvalue weighted by atomic mass is 16.2. The lowest BCUT2D eigenvalue weighted by molar-refractivity contribution is -0.139. The Morgan fingerprint density at radius 1 is 1.41 bits per heavy atom. The Morgan fingerprint density at radius 2 is 2.06 bits per heavy atom. The molecular weight excluding hydrogens is 222 g/mol. The van der Waals surface area contributed by atoms with Crippen LogP contribution < -0.4 is 10.6 Å².